The molecule has 0 aliphatic heterocycles. The summed E-state index contributed by atoms with van der Waals surface area (Å²) < 4.78 is 0. The minimum atomic E-state index is 0.379. The van der Waals surface area contributed by atoms with E-state index in [-0.39, 0.29) is 0 Å². The molecule has 1 aromatic carbocycles. The van der Waals surface area contributed by atoms with Crippen molar-refractivity contribution in [2.24, 2.45) is 23.2 Å². The van der Waals surface area contributed by atoms with Crippen LogP contribution in [0.2, 0.25) is 0 Å². The van der Waals surface area contributed by atoms with Gasteiger partial charge in [0.15, 0.2) is 0 Å². The summed E-state index contributed by atoms with van der Waals surface area (Å²) >= 11 is 0. The Kier molecular flexibility index (Phi) is 2.86. The number of phenols is 1. The van der Waals surface area contributed by atoms with Gasteiger partial charge in [-0.2, -0.15) is 0 Å². The van der Waals surface area contributed by atoms with E-state index < -0.39 is 0 Å². The zero-order valence-corrected chi connectivity index (χ0v) is 12.8. The minimum Gasteiger partial charge on any atom is -0.508 e. The molecule has 2 saturated carbocycles. The van der Waals surface area contributed by atoms with Gasteiger partial charge in [-0.1, -0.05) is 13.0 Å². The molecule has 110 valence electrons. The van der Waals surface area contributed by atoms with Crippen LogP contribution >= 0.6 is 0 Å². The molecule has 1 N–H and O–H groups in total. The molecule has 0 bridgehead atoms. The van der Waals surface area contributed by atoms with Gasteiger partial charge >= 0.3 is 0 Å². The number of fused-ring (bicyclic) bond motifs is 5. The lowest BCUT2D eigenvalue weighted by atomic mass is 9.54. The first-order chi connectivity index (χ1) is 10.1. The highest BCUT2D eigenvalue weighted by Gasteiger charge is 2.54. The summed E-state index contributed by atoms with van der Waals surface area (Å²) in [5.41, 5.74) is 3.27. The Bertz CT molecular complexity index is 611. The maximum absolute atomic E-state index is 9.72. The average molecular weight is 280 g/mol. The Hall–Kier alpha value is -1.42. The topological polar surface area (TPSA) is 20.2 Å². The molecule has 1 nitrogen and oxygen atoms in total. The monoisotopic (exact) mass is 280 g/mol. The van der Waals surface area contributed by atoms with Gasteiger partial charge in [0, 0.05) is 5.92 Å². The van der Waals surface area contributed by atoms with Crippen LogP contribution in [0.3, 0.4) is 0 Å². The number of benzene rings is 1. The molecule has 1 heteroatoms. The molecule has 0 heterocycles. The molecule has 0 amide bonds. The lowest BCUT2D eigenvalue weighted by Crippen LogP contribution is -2.42. The van der Waals surface area contributed by atoms with Crippen LogP contribution in [0, 0.1) is 35.5 Å². The van der Waals surface area contributed by atoms with Gasteiger partial charge in [0.05, 0.1) is 0 Å². The van der Waals surface area contributed by atoms with Crippen LogP contribution in [-0.4, -0.2) is 5.11 Å². The smallest absolute Gasteiger partial charge is 0.115 e. The van der Waals surface area contributed by atoms with Crippen molar-refractivity contribution in [1.29, 1.82) is 0 Å². The molecule has 0 aromatic heterocycles. The first kappa shape index (κ1) is 13.3. The molecule has 5 atom stereocenters. The Morgan fingerprint density at radius 2 is 2.10 bits per heavy atom. The van der Waals surface area contributed by atoms with E-state index in [1.807, 2.05) is 12.1 Å². The predicted octanol–water partition coefficient (Wildman–Crippen LogP) is 4.50. The molecule has 3 aliphatic carbocycles. The first-order valence-corrected chi connectivity index (χ1v) is 8.41. The van der Waals surface area contributed by atoms with Crippen molar-refractivity contribution in [3.8, 4) is 18.1 Å². The van der Waals surface area contributed by atoms with Crippen molar-refractivity contribution < 1.29 is 5.11 Å². The summed E-state index contributed by atoms with van der Waals surface area (Å²) in [4.78, 5) is 0. The normalized spacial score (nSPS) is 40.8. The van der Waals surface area contributed by atoms with Crippen molar-refractivity contribution in [2.75, 3.05) is 0 Å². The SMILES string of the molecule is C#CC1CC[C@H]2[C@@H]3CCc4cc(O)ccc4[C@H]3CC[C@]12C. The number of aryl methyl sites for hydroxylation is 1. The number of hydrogen-bond donors (Lipinski definition) is 1. The van der Waals surface area contributed by atoms with Gasteiger partial charge < -0.3 is 5.11 Å². The van der Waals surface area contributed by atoms with E-state index in [1.54, 1.807) is 0 Å². The summed E-state index contributed by atoms with van der Waals surface area (Å²) in [5.74, 6) is 6.31. The van der Waals surface area contributed by atoms with Gasteiger partial charge in [-0.15, -0.1) is 12.3 Å². The number of phenolic OH excluding ortho intramolecular Hbond substituents is 1. The van der Waals surface area contributed by atoms with E-state index in [2.05, 4.69) is 18.9 Å². The summed E-state index contributed by atoms with van der Waals surface area (Å²) in [6, 6.07) is 6.03. The van der Waals surface area contributed by atoms with Gasteiger partial charge in [0.25, 0.3) is 0 Å². The highest BCUT2D eigenvalue weighted by Crippen LogP contribution is 2.62. The number of hydrogen-bond acceptors (Lipinski definition) is 1. The number of terminal acetylenes is 1. The average Bonchev–Trinajstić information content (AvgIpc) is 2.83. The third-order valence-electron chi connectivity index (χ3n) is 6.91. The van der Waals surface area contributed by atoms with Crippen molar-refractivity contribution in [3.05, 3.63) is 29.3 Å². The molecule has 2 fully saturated rings. The third kappa shape index (κ3) is 1.78. The van der Waals surface area contributed by atoms with Gasteiger partial charge in [0.1, 0.15) is 5.75 Å². The Morgan fingerprint density at radius 3 is 2.90 bits per heavy atom. The highest BCUT2D eigenvalue weighted by atomic mass is 16.3. The fourth-order valence-corrected chi connectivity index (χ4v) is 5.84. The van der Waals surface area contributed by atoms with Crippen LogP contribution in [0.1, 0.15) is 56.1 Å². The largest absolute Gasteiger partial charge is 0.508 e. The molecule has 0 spiro atoms. The Balaban J connectivity index is 1.70. The van der Waals surface area contributed by atoms with Crippen molar-refractivity contribution in [2.45, 2.75) is 51.4 Å². The Morgan fingerprint density at radius 1 is 1.24 bits per heavy atom. The van der Waals surface area contributed by atoms with Gasteiger partial charge in [-0.05, 0) is 85.0 Å². The summed E-state index contributed by atoms with van der Waals surface area (Å²) in [6.45, 7) is 2.46. The van der Waals surface area contributed by atoms with Gasteiger partial charge in [-0.25, -0.2) is 0 Å². The third-order valence-corrected chi connectivity index (χ3v) is 6.91. The van der Waals surface area contributed by atoms with Crippen molar-refractivity contribution in [3.63, 3.8) is 0 Å². The van der Waals surface area contributed by atoms with Gasteiger partial charge in [0.2, 0.25) is 0 Å². The van der Waals surface area contributed by atoms with E-state index >= 15 is 0 Å². The van der Waals surface area contributed by atoms with Crippen LogP contribution in [0.15, 0.2) is 18.2 Å². The second kappa shape index (κ2) is 4.54. The molecule has 0 radical (unpaired) electrons. The lowest BCUT2D eigenvalue weighted by Gasteiger charge is -2.50. The van der Waals surface area contributed by atoms with Crippen LogP contribution in [0.25, 0.3) is 0 Å². The van der Waals surface area contributed by atoms with Crippen molar-refractivity contribution in [1.82, 2.24) is 0 Å². The number of aromatic hydroxyl groups is 1. The van der Waals surface area contributed by atoms with E-state index in [4.69, 9.17) is 6.42 Å². The van der Waals surface area contributed by atoms with E-state index in [9.17, 15) is 5.11 Å². The second-order valence-corrected chi connectivity index (χ2v) is 7.64. The fourth-order valence-electron chi connectivity index (χ4n) is 5.84. The standard InChI is InChI=1S/C20H24O/c1-3-14-5-9-19-18-7-4-13-12-15(21)6-8-16(13)17(18)10-11-20(14,19)2/h1,6,8,12,14,17-19,21H,4-5,7,9-11H2,2H3/t14?,17-,18-,19+,20-/m1/s1. The van der Waals surface area contributed by atoms with E-state index in [0.717, 1.165) is 18.3 Å². The second-order valence-electron chi connectivity index (χ2n) is 7.64. The fraction of sp³-hybridized carbons (Fsp3) is 0.600. The highest BCUT2D eigenvalue weighted by molar-refractivity contribution is 5.40. The predicted molar refractivity (Wildman–Crippen MR) is 85.0 cm³/mol. The molecule has 21 heavy (non-hydrogen) atoms. The van der Waals surface area contributed by atoms with Crippen LogP contribution in [0.5, 0.6) is 5.75 Å². The Labute approximate surface area is 127 Å². The summed E-state index contributed by atoms with van der Waals surface area (Å²) in [7, 11) is 0. The molecule has 0 saturated heterocycles. The van der Waals surface area contributed by atoms with Gasteiger partial charge in [-0.3, -0.25) is 0 Å². The zero-order chi connectivity index (χ0) is 14.6. The molecular weight excluding hydrogens is 256 g/mol. The molecular formula is C20H24O. The maximum atomic E-state index is 9.72. The first-order valence-electron chi connectivity index (χ1n) is 8.41. The van der Waals surface area contributed by atoms with E-state index in [0.29, 0.717) is 23.0 Å². The van der Waals surface area contributed by atoms with Crippen LogP contribution in [-0.2, 0) is 6.42 Å². The van der Waals surface area contributed by atoms with E-state index in [1.165, 1.54) is 43.2 Å². The quantitative estimate of drug-likeness (QED) is 0.694. The van der Waals surface area contributed by atoms with Crippen molar-refractivity contribution >= 4 is 0 Å². The maximum Gasteiger partial charge on any atom is 0.115 e. The molecule has 3 aliphatic rings. The van der Waals surface area contributed by atoms with Crippen LogP contribution < -0.4 is 0 Å². The molecule has 1 unspecified atom stereocenters. The lowest BCUT2D eigenvalue weighted by molar-refractivity contribution is 0.0432. The summed E-state index contributed by atoms with van der Waals surface area (Å²) in [6.07, 6.45) is 13.3. The summed E-state index contributed by atoms with van der Waals surface area (Å²) in [5, 5.41) is 9.72. The molecule has 4 rings (SSSR count). The minimum absolute atomic E-state index is 0.379. The van der Waals surface area contributed by atoms with Crippen LogP contribution in [0.4, 0.5) is 0 Å². The molecule has 1 aromatic rings. The zero-order valence-electron chi connectivity index (χ0n) is 12.8. The number of rotatable bonds is 0.